The molecule has 0 aromatic carbocycles. The molecule has 0 aliphatic heterocycles. The van der Waals surface area contributed by atoms with Crippen LogP contribution in [0.4, 0.5) is 0 Å². The molecule has 2 radical (unpaired) electrons. The standard InChI is InChI=1S/C8H16BNO/c1-7(2)4-6-10-8(11)3-5-9/h7H,3-6H2,1-2H3,(H,10,11). The second-order valence-electron chi connectivity index (χ2n) is 3.07. The van der Waals surface area contributed by atoms with Gasteiger partial charge in [0.15, 0.2) is 0 Å². The first-order valence-electron chi connectivity index (χ1n) is 4.13. The van der Waals surface area contributed by atoms with Crippen molar-refractivity contribution in [2.75, 3.05) is 6.54 Å². The molecule has 1 amide bonds. The van der Waals surface area contributed by atoms with Gasteiger partial charge >= 0.3 is 0 Å². The van der Waals surface area contributed by atoms with Crippen molar-refractivity contribution < 1.29 is 4.79 Å². The van der Waals surface area contributed by atoms with Crippen LogP contribution in [0.3, 0.4) is 0 Å². The minimum absolute atomic E-state index is 0.0631. The van der Waals surface area contributed by atoms with Crippen LogP contribution in [0, 0.1) is 5.92 Å². The van der Waals surface area contributed by atoms with Gasteiger partial charge in [0.1, 0.15) is 0 Å². The molecular formula is C8H16BNO. The number of carbonyl (C=O) groups is 1. The fourth-order valence-corrected chi connectivity index (χ4v) is 0.720. The van der Waals surface area contributed by atoms with Crippen molar-refractivity contribution in [3.05, 3.63) is 0 Å². The summed E-state index contributed by atoms with van der Waals surface area (Å²) in [6.45, 7) is 5.04. The minimum Gasteiger partial charge on any atom is -0.356 e. The highest BCUT2D eigenvalue weighted by atomic mass is 16.1. The zero-order valence-electron chi connectivity index (χ0n) is 7.39. The summed E-state index contributed by atoms with van der Waals surface area (Å²) in [6.07, 6.45) is 1.92. The highest BCUT2D eigenvalue weighted by Crippen LogP contribution is 1.96. The molecule has 2 nitrogen and oxygen atoms in total. The third kappa shape index (κ3) is 7.43. The van der Waals surface area contributed by atoms with E-state index in [0.717, 1.165) is 13.0 Å². The van der Waals surface area contributed by atoms with Crippen LogP contribution in [0.15, 0.2) is 0 Å². The average molecular weight is 153 g/mol. The van der Waals surface area contributed by atoms with E-state index in [9.17, 15) is 4.79 Å². The molecule has 0 aromatic rings. The Kier molecular flexibility index (Phi) is 5.99. The quantitative estimate of drug-likeness (QED) is 0.589. The number of amides is 1. The Morgan fingerprint density at radius 2 is 2.18 bits per heavy atom. The summed E-state index contributed by atoms with van der Waals surface area (Å²) >= 11 is 0. The Hall–Kier alpha value is -0.465. The molecule has 0 rings (SSSR count). The predicted molar refractivity (Wildman–Crippen MR) is 47.6 cm³/mol. The Morgan fingerprint density at radius 1 is 1.55 bits per heavy atom. The largest absolute Gasteiger partial charge is 0.356 e. The smallest absolute Gasteiger partial charge is 0.219 e. The van der Waals surface area contributed by atoms with Crippen LogP contribution >= 0.6 is 0 Å². The molecule has 3 heteroatoms. The Bertz CT molecular complexity index is 115. The molecule has 0 bridgehead atoms. The molecule has 0 saturated heterocycles. The number of rotatable bonds is 5. The molecule has 0 aliphatic carbocycles. The molecule has 0 unspecified atom stereocenters. The molecule has 0 aromatic heterocycles. The normalized spacial score (nSPS) is 10.1. The molecule has 0 fully saturated rings. The van der Waals surface area contributed by atoms with Crippen molar-refractivity contribution in [1.82, 2.24) is 5.32 Å². The molecule has 0 spiro atoms. The zero-order chi connectivity index (χ0) is 8.69. The first-order chi connectivity index (χ1) is 5.16. The number of carbonyl (C=O) groups excluding carboxylic acids is 1. The Morgan fingerprint density at radius 3 is 2.64 bits per heavy atom. The third-order valence-corrected chi connectivity index (χ3v) is 1.42. The van der Waals surface area contributed by atoms with Crippen LogP contribution in [-0.4, -0.2) is 20.3 Å². The third-order valence-electron chi connectivity index (χ3n) is 1.42. The lowest BCUT2D eigenvalue weighted by Gasteiger charge is -2.05. The zero-order valence-corrected chi connectivity index (χ0v) is 7.39. The van der Waals surface area contributed by atoms with Crippen molar-refractivity contribution in [3.63, 3.8) is 0 Å². The average Bonchev–Trinajstić information content (AvgIpc) is 1.87. The van der Waals surface area contributed by atoms with E-state index >= 15 is 0 Å². The van der Waals surface area contributed by atoms with Crippen LogP contribution in [0.2, 0.25) is 6.32 Å². The van der Waals surface area contributed by atoms with Crippen LogP contribution in [0.25, 0.3) is 0 Å². The van der Waals surface area contributed by atoms with Crippen LogP contribution in [0.1, 0.15) is 26.7 Å². The van der Waals surface area contributed by atoms with Gasteiger partial charge in [-0.05, 0) is 12.3 Å². The maximum absolute atomic E-state index is 10.8. The summed E-state index contributed by atoms with van der Waals surface area (Å²) in [4.78, 5) is 10.8. The highest BCUT2D eigenvalue weighted by Gasteiger charge is 1.98. The summed E-state index contributed by atoms with van der Waals surface area (Å²) in [5.41, 5.74) is 0. The van der Waals surface area contributed by atoms with Gasteiger partial charge in [0.25, 0.3) is 0 Å². The molecule has 0 aliphatic rings. The lowest BCUT2D eigenvalue weighted by molar-refractivity contribution is -0.120. The lowest BCUT2D eigenvalue weighted by atomic mass is 10.0. The maximum Gasteiger partial charge on any atom is 0.219 e. The molecule has 0 atom stereocenters. The van der Waals surface area contributed by atoms with E-state index < -0.39 is 0 Å². The van der Waals surface area contributed by atoms with Crippen molar-refractivity contribution in [1.29, 1.82) is 0 Å². The molecule has 0 saturated carbocycles. The predicted octanol–water partition coefficient (Wildman–Crippen LogP) is 1.13. The second-order valence-corrected chi connectivity index (χ2v) is 3.07. The topological polar surface area (TPSA) is 29.1 Å². The molecular weight excluding hydrogens is 137 g/mol. The first-order valence-corrected chi connectivity index (χ1v) is 4.13. The van der Waals surface area contributed by atoms with Crippen LogP contribution in [-0.2, 0) is 4.79 Å². The minimum atomic E-state index is 0.0631. The van der Waals surface area contributed by atoms with Gasteiger partial charge in [0, 0.05) is 13.0 Å². The maximum atomic E-state index is 10.8. The first kappa shape index (κ1) is 10.5. The van der Waals surface area contributed by atoms with Crippen LogP contribution < -0.4 is 5.32 Å². The van der Waals surface area contributed by atoms with Gasteiger partial charge in [-0.1, -0.05) is 20.2 Å². The van der Waals surface area contributed by atoms with Crippen molar-refractivity contribution >= 4 is 13.8 Å². The van der Waals surface area contributed by atoms with Gasteiger partial charge < -0.3 is 5.32 Å². The molecule has 1 N–H and O–H groups in total. The van der Waals surface area contributed by atoms with Crippen LogP contribution in [0.5, 0.6) is 0 Å². The Labute approximate surface area is 70.2 Å². The lowest BCUT2D eigenvalue weighted by Crippen LogP contribution is -2.24. The summed E-state index contributed by atoms with van der Waals surface area (Å²) in [7, 11) is 5.20. The summed E-state index contributed by atoms with van der Waals surface area (Å²) < 4.78 is 0. The fourth-order valence-electron chi connectivity index (χ4n) is 0.720. The Balaban J connectivity index is 3.17. The second kappa shape index (κ2) is 6.26. The monoisotopic (exact) mass is 153 g/mol. The van der Waals surface area contributed by atoms with Crippen molar-refractivity contribution in [3.8, 4) is 0 Å². The van der Waals surface area contributed by atoms with Gasteiger partial charge in [-0.15, -0.1) is 0 Å². The number of nitrogens with one attached hydrogen (secondary N) is 1. The fraction of sp³-hybridized carbons (Fsp3) is 0.875. The van der Waals surface area contributed by atoms with E-state index in [1.165, 1.54) is 0 Å². The van der Waals surface area contributed by atoms with Crippen molar-refractivity contribution in [2.45, 2.75) is 33.0 Å². The van der Waals surface area contributed by atoms with E-state index in [4.69, 9.17) is 7.85 Å². The van der Waals surface area contributed by atoms with Gasteiger partial charge in [0.2, 0.25) is 5.91 Å². The van der Waals surface area contributed by atoms with Gasteiger partial charge in [0.05, 0.1) is 7.85 Å². The van der Waals surface area contributed by atoms with E-state index in [0.29, 0.717) is 18.7 Å². The molecule has 11 heavy (non-hydrogen) atoms. The van der Waals surface area contributed by atoms with E-state index in [1.807, 2.05) is 0 Å². The summed E-state index contributed by atoms with van der Waals surface area (Å²) in [5, 5.41) is 2.80. The van der Waals surface area contributed by atoms with E-state index in [1.54, 1.807) is 0 Å². The summed E-state index contributed by atoms with van der Waals surface area (Å²) in [5.74, 6) is 0.710. The van der Waals surface area contributed by atoms with Gasteiger partial charge in [-0.3, -0.25) is 4.79 Å². The van der Waals surface area contributed by atoms with E-state index in [-0.39, 0.29) is 5.91 Å². The van der Waals surface area contributed by atoms with Gasteiger partial charge in [-0.2, -0.15) is 0 Å². The van der Waals surface area contributed by atoms with Crippen molar-refractivity contribution in [2.24, 2.45) is 5.92 Å². The summed E-state index contributed by atoms with van der Waals surface area (Å²) in [6, 6.07) is 0. The number of hydrogen-bond donors (Lipinski definition) is 1. The highest BCUT2D eigenvalue weighted by molar-refractivity contribution is 6.09. The van der Waals surface area contributed by atoms with E-state index in [2.05, 4.69) is 19.2 Å². The van der Waals surface area contributed by atoms with Gasteiger partial charge in [-0.25, -0.2) is 0 Å². The number of hydrogen-bond acceptors (Lipinski definition) is 1. The molecule has 0 heterocycles. The SMILES string of the molecule is [B]CCC(=O)NCCC(C)C. The molecule has 62 valence electrons.